The number of rotatable bonds is 6. The molecule has 36 heavy (non-hydrogen) atoms. The molecule has 0 unspecified atom stereocenters. The first-order valence-electron chi connectivity index (χ1n) is 12.0. The van der Waals surface area contributed by atoms with E-state index < -0.39 is 35.5 Å². The molecule has 3 aromatic rings. The topological polar surface area (TPSA) is 82.1 Å². The van der Waals surface area contributed by atoms with Gasteiger partial charge in [-0.1, -0.05) is 54.6 Å². The van der Waals surface area contributed by atoms with E-state index in [1.54, 1.807) is 27.9 Å². The summed E-state index contributed by atoms with van der Waals surface area (Å²) in [5.74, 6) is -1.05. The highest BCUT2D eigenvalue weighted by Gasteiger charge is 2.49. The number of nitrogens with zero attached hydrogens (tertiary/aromatic N) is 1. The van der Waals surface area contributed by atoms with E-state index in [0.29, 0.717) is 12.2 Å². The molecule has 0 N–H and O–H groups in total. The molecule has 1 fully saturated rings. The summed E-state index contributed by atoms with van der Waals surface area (Å²) in [5, 5.41) is 2.04. The zero-order chi connectivity index (χ0) is 25.9. The van der Waals surface area contributed by atoms with Crippen LogP contribution in [-0.4, -0.2) is 41.6 Å². The summed E-state index contributed by atoms with van der Waals surface area (Å²) < 4.78 is 16.6. The fourth-order valence-electron chi connectivity index (χ4n) is 4.43. The Morgan fingerprint density at radius 2 is 1.61 bits per heavy atom. The summed E-state index contributed by atoms with van der Waals surface area (Å²) in [4.78, 5) is 40.5. The molecule has 4 rings (SSSR count). The highest BCUT2D eigenvalue weighted by Crippen LogP contribution is 2.34. The first-order valence-corrected chi connectivity index (χ1v) is 12.0. The van der Waals surface area contributed by atoms with Crippen molar-refractivity contribution in [2.75, 3.05) is 7.11 Å². The minimum Gasteiger partial charge on any atom is -0.496 e. The second-order valence-corrected chi connectivity index (χ2v) is 9.95. The number of fused-ring (bicyclic) bond motifs is 1. The highest BCUT2D eigenvalue weighted by molar-refractivity contribution is 6.01. The average molecular weight is 490 g/mol. The van der Waals surface area contributed by atoms with Crippen LogP contribution in [0, 0.1) is 5.92 Å². The van der Waals surface area contributed by atoms with Crippen LogP contribution >= 0.6 is 0 Å². The van der Waals surface area contributed by atoms with Gasteiger partial charge in [-0.2, -0.15) is 0 Å². The van der Waals surface area contributed by atoms with Crippen LogP contribution in [0.5, 0.6) is 5.75 Å². The molecule has 0 saturated carbocycles. The first-order chi connectivity index (χ1) is 17.2. The van der Waals surface area contributed by atoms with Crippen molar-refractivity contribution in [2.45, 2.75) is 51.9 Å². The van der Waals surface area contributed by atoms with Crippen LogP contribution in [0.15, 0.2) is 66.7 Å². The van der Waals surface area contributed by atoms with Gasteiger partial charge >= 0.3 is 12.1 Å². The standard InChI is InChI=1S/C29H31NO6/c1-29(2,3)36-28(33)30-24(27(32)35-18-19-10-6-5-7-11-19)16-23(26(30)31)15-22-14-20-12-8-9-13-21(20)17-25(22)34-4/h5-14,17,23-24H,15-16,18H2,1-4H3/t23-,24+/m0/s1. The van der Waals surface area contributed by atoms with Crippen molar-refractivity contribution in [3.63, 3.8) is 0 Å². The lowest BCUT2D eigenvalue weighted by molar-refractivity contribution is -0.152. The number of methoxy groups -OCH3 is 1. The second-order valence-electron chi connectivity index (χ2n) is 9.95. The molecule has 188 valence electrons. The monoisotopic (exact) mass is 489 g/mol. The van der Waals surface area contributed by atoms with E-state index in [1.165, 1.54) is 0 Å². The van der Waals surface area contributed by atoms with Gasteiger partial charge in [0.2, 0.25) is 5.91 Å². The van der Waals surface area contributed by atoms with Crippen molar-refractivity contribution in [2.24, 2.45) is 5.92 Å². The number of benzene rings is 3. The maximum Gasteiger partial charge on any atom is 0.417 e. The van der Waals surface area contributed by atoms with Gasteiger partial charge in [-0.15, -0.1) is 0 Å². The molecule has 0 radical (unpaired) electrons. The summed E-state index contributed by atoms with van der Waals surface area (Å²) in [5.41, 5.74) is 0.823. The predicted molar refractivity (Wildman–Crippen MR) is 135 cm³/mol. The first kappa shape index (κ1) is 25.2. The predicted octanol–water partition coefficient (Wildman–Crippen LogP) is 5.29. The quantitative estimate of drug-likeness (QED) is 0.438. The number of esters is 1. The number of imide groups is 1. The van der Waals surface area contributed by atoms with Crippen molar-refractivity contribution >= 4 is 28.7 Å². The van der Waals surface area contributed by atoms with E-state index in [-0.39, 0.29) is 13.0 Å². The highest BCUT2D eigenvalue weighted by atomic mass is 16.6. The fraction of sp³-hybridized carbons (Fsp3) is 0.345. The molecule has 3 aromatic carbocycles. The van der Waals surface area contributed by atoms with Crippen LogP contribution < -0.4 is 4.74 Å². The van der Waals surface area contributed by atoms with E-state index in [4.69, 9.17) is 14.2 Å². The van der Waals surface area contributed by atoms with Crippen molar-refractivity contribution in [3.8, 4) is 5.75 Å². The molecule has 0 spiro atoms. The van der Waals surface area contributed by atoms with Gasteiger partial charge in [0.25, 0.3) is 0 Å². The van der Waals surface area contributed by atoms with Crippen LogP contribution in [0.2, 0.25) is 0 Å². The number of carbonyl (C=O) groups is 3. The molecule has 1 aliphatic rings. The van der Waals surface area contributed by atoms with Crippen LogP contribution in [0.25, 0.3) is 10.8 Å². The molecule has 7 nitrogen and oxygen atoms in total. The summed E-state index contributed by atoms with van der Waals surface area (Å²) >= 11 is 0. The minimum absolute atomic E-state index is 0.0513. The largest absolute Gasteiger partial charge is 0.496 e. The third-order valence-corrected chi connectivity index (χ3v) is 6.11. The van der Waals surface area contributed by atoms with Gasteiger partial charge < -0.3 is 14.2 Å². The van der Waals surface area contributed by atoms with Gasteiger partial charge in [-0.25, -0.2) is 14.5 Å². The number of ether oxygens (including phenoxy) is 3. The summed E-state index contributed by atoms with van der Waals surface area (Å²) in [6.45, 7) is 5.19. The van der Waals surface area contributed by atoms with Gasteiger partial charge in [0.05, 0.1) is 7.11 Å². The Balaban J connectivity index is 1.59. The Hall–Kier alpha value is -3.87. The number of likely N-dealkylation sites (tertiary alicyclic amines) is 1. The molecule has 1 saturated heterocycles. The van der Waals surface area contributed by atoms with Crippen LogP contribution in [0.4, 0.5) is 4.79 Å². The van der Waals surface area contributed by atoms with E-state index in [2.05, 4.69) is 0 Å². The average Bonchev–Trinajstić information content (AvgIpc) is 3.17. The zero-order valence-corrected chi connectivity index (χ0v) is 21.0. The minimum atomic E-state index is -1.06. The number of hydrogen-bond acceptors (Lipinski definition) is 6. The van der Waals surface area contributed by atoms with Crippen LogP contribution in [0.3, 0.4) is 0 Å². The lowest BCUT2D eigenvalue weighted by Gasteiger charge is -2.26. The number of hydrogen-bond donors (Lipinski definition) is 0. The molecule has 0 bridgehead atoms. The normalized spacial score (nSPS) is 17.8. The van der Waals surface area contributed by atoms with Crippen molar-refractivity contribution in [3.05, 3.63) is 77.9 Å². The van der Waals surface area contributed by atoms with Gasteiger partial charge in [0.15, 0.2) is 0 Å². The number of amides is 2. The van der Waals surface area contributed by atoms with Crippen molar-refractivity contribution in [1.82, 2.24) is 4.90 Å². The van der Waals surface area contributed by atoms with Gasteiger partial charge in [-0.3, -0.25) is 4.79 Å². The second kappa shape index (κ2) is 10.4. The molecule has 7 heteroatoms. The Morgan fingerprint density at radius 1 is 0.972 bits per heavy atom. The van der Waals surface area contributed by atoms with Crippen LogP contribution in [0.1, 0.15) is 38.3 Å². The Bertz CT molecular complexity index is 1260. The smallest absolute Gasteiger partial charge is 0.417 e. The third kappa shape index (κ3) is 5.67. The SMILES string of the molecule is COc1cc2ccccc2cc1C[C@H]1C[C@H](C(=O)OCc2ccccc2)N(C(=O)OC(C)(C)C)C1=O. The molecule has 2 amide bonds. The third-order valence-electron chi connectivity index (χ3n) is 6.11. The molecule has 0 aromatic heterocycles. The lowest BCUT2D eigenvalue weighted by atomic mass is 9.94. The van der Waals surface area contributed by atoms with Gasteiger partial charge in [-0.05, 0) is 67.6 Å². The summed E-state index contributed by atoms with van der Waals surface area (Å²) in [6.07, 6.45) is -0.391. The summed E-state index contributed by atoms with van der Waals surface area (Å²) in [7, 11) is 1.58. The maximum absolute atomic E-state index is 13.5. The van der Waals surface area contributed by atoms with Crippen molar-refractivity contribution in [1.29, 1.82) is 0 Å². The van der Waals surface area contributed by atoms with Crippen molar-refractivity contribution < 1.29 is 28.6 Å². The van der Waals surface area contributed by atoms with Gasteiger partial charge in [0, 0.05) is 5.92 Å². The Morgan fingerprint density at radius 3 is 2.25 bits per heavy atom. The van der Waals surface area contributed by atoms with Crippen LogP contribution in [-0.2, 0) is 32.1 Å². The molecule has 1 aliphatic heterocycles. The molecular formula is C29H31NO6. The van der Waals surface area contributed by atoms with Gasteiger partial charge in [0.1, 0.15) is 24.0 Å². The maximum atomic E-state index is 13.5. The van der Waals surface area contributed by atoms with E-state index >= 15 is 0 Å². The molecule has 1 heterocycles. The zero-order valence-electron chi connectivity index (χ0n) is 21.0. The molecule has 2 atom stereocenters. The van der Waals surface area contributed by atoms with E-state index in [1.807, 2.05) is 66.7 Å². The fourth-order valence-corrected chi connectivity index (χ4v) is 4.43. The summed E-state index contributed by atoms with van der Waals surface area (Å²) in [6, 6.07) is 20.0. The molecule has 0 aliphatic carbocycles. The lowest BCUT2D eigenvalue weighted by Crippen LogP contribution is -2.46. The molecular weight excluding hydrogens is 458 g/mol. The number of carbonyl (C=O) groups excluding carboxylic acids is 3. The Labute approximate surface area is 210 Å². The van der Waals surface area contributed by atoms with E-state index in [9.17, 15) is 14.4 Å². The Kier molecular flexibility index (Phi) is 7.29. The van der Waals surface area contributed by atoms with E-state index in [0.717, 1.165) is 26.8 Å².